The largest absolute Gasteiger partial charge is 0.461 e. The van der Waals surface area contributed by atoms with Crippen LogP contribution in [0.3, 0.4) is 0 Å². The number of anilines is 1. The molecule has 0 bridgehead atoms. The SMILES string of the molecule is CC(=O)OCc1c(I)c(N)c(I)c(C(=O)N(C)CC(O)CO)c1I. The van der Waals surface area contributed by atoms with Gasteiger partial charge in [-0.15, -0.1) is 0 Å². The molecular weight excluding hydrogens is 657 g/mol. The van der Waals surface area contributed by atoms with Gasteiger partial charge in [-0.05, 0) is 67.8 Å². The van der Waals surface area contributed by atoms with Gasteiger partial charge in [0.15, 0.2) is 0 Å². The van der Waals surface area contributed by atoms with Gasteiger partial charge in [0.2, 0.25) is 0 Å². The minimum absolute atomic E-state index is 0.00728. The van der Waals surface area contributed by atoms with Gasteiger partial charge in [-0.2, -0.15) is 0 Å². The van der Waals surface area contributed by atoms with E-state index in [0.29, 0.717) is 24.0 Å². The third kappa shape index (κ3) is 5.28. The maximum absolute atomic E-state index is 12.7. The summed E-state index contributed by atoms with van der Waals surface area (Å²) in [5.41, 5.74) is 7.61. The van der Waals surface area contributed by atoms with Crippen molar-refractivity contribution in [3.05, 3.63) is 21.8 Å². The number of nitrogens with two attached hydrogens (primary N) is 1. The molecule has 10 heteroatoms. The van der Waals surface area contributed by atoms with Gasteiger partial charge in [0.05, 0.1) is 27.5 Å². The van der Waals surface area contributed by atoms with Crippen LogP contribution in [0.4, 0.5) is 5.69 Å². The van der Waals surface area contributed by atoms with Gasteiger partial charge in [-0.25, -0.2) is 0 Å². The van der Waals surface area contributed by atoms with Crippen molar-refractivity contribution < 1.29 is 24.5 Å². The molecule has 1 aromatic rings. The second-order valence-electron chi connectivity index (χ2n) is 5.01. The molecule has 1 atom stereocenters. The molecule has 1 unspecified atom stereocenters. The number of ether oxygens (including phenoxy) is 1. The third-order valence-corrected chi connectivity index (χ3v) is 6.66. The molecule has 0 aliphatic rings. The number of nitrogens with zero attached hydrogens (tertiary/aromatic N) is 1. The number of carbonyl (C=O) groups excluding carboxylic acids is 2. The van der Waals surface area contributed by atoms with Gasteiger partial charge in [0.25, 0.3) is 5.91 Å². The summed E-state index contributed by atoms with van der Waals surface area (Å²) in [6.07, 6.45) is -1.02. The molecule has 1 rings (SSSR count). The Kier molecular flexibility index (Phi) is 8.92. The van der Waals surface area contributed by atoms with E-state index in [-0.39, 0.29) is 19.1 Å². The first-order valence-corrected chi connectivity index (χ1v) is 9.97. The molecule has 0 radical (unpaired) electrons. The van der Waals surface area contributed by atoms with Crippen LogP contribution in [0.15, 0.2) is 0 Å². The van der Waals surface area contributed by atoms with E-state index in [1.54, 1.807) is 0 Å². The summed E-state index contributed by atoms with van der Waals surface area (Å²) in [6, 6.07) is 0. The standard InChI is InChI=1S/C14H17I3N2O5/c1-6(21)24-5-8-10(15)9(12(17)13(18)11(8)16)14(23)19(2)3-7(22)4-20/h7,20,22H,3-5,18H2,1-2H3. The van der Waals surface area contributed by atoms with Crippen LogP contribution in [0.2, 0.25) is 0 Å². The van der Waals surface area contributed by atoms with Gasteiger partial charge < -0.3 is 25.6 Å². The van der Waals surface area contributed by atoms with Crippen LogP contribution in [0.1, 0.15) is 22.8 Å². The Labute approximate surface area is 180 Å². The lowest BCUT2D eigenvalue weighted by atomic mass is 10.1. The molecule has 0 fully saturated rings. The first-order valence-electron chi connectivity index (χ1n) is 6.74. The van der Waals surface area contributed by atoms with Gasteiger partial charge >= 0.3 is 5.97 Å². The molecule has 0 aromatic heterocycles. The van der Waals surface area contributed by atoms with Crippen LogP contribution in [0, 0.1) is 10.7 Å². The van der Waals surface area contributed by atoms with Crippen molar-refractivity contribution in [2.45, 2.75) is 19.6 Å². The van der Waals surface area contributed by atoms with Crippen LogP contribution in [0.5, 0.6) is 0 Å². The Balaban J connectivity index is 3.31. The van der Waals surface area contributed by atoms with Crippen molar-refractivity contribution in [1.29, 1.82) is 0 Å². The maximum atomic E-state index is 12.7. The topological polar surface area (TPSA) is 113 Å². The second kappa shape index (κ2) is 9.68. The molecule has 0 aliphatic heterocycles. The molecule has 134 valence electrons. The molecule has 0 saturated carbocycles. The fraction of sp³-hybridized carbons (Fsp3) is 0.429. The number of rotatable bonds is 6. The fourth-order valence-corrected chi connectivity index (χ4v) is 5.81. The predicted octanol–water partition coefficient (Wildman–Crippen LogP) is 1.57. The molecule has 0 spiro atoms. The molecule has 1 aromatic carbocycles. The lowest BCUT2D eigenvalue weighted by Crippen LogP contribution is -2.37. The molecule has 0 saturated heterocycles. The van der Waals surface area contributed by atoms with Gasteiger partial charge in [-0.3, -0.25) is 9.59 Å². The summed E-state index contributed by atoms with van der Waals surface area (Å²) in [5, 5.41) is 18.5. The minimum atomic E-state index is -1.02. The number of likely N-dealkylation sites (N-methyl/N-ethyl adjacent to an activating group) is 1. The molecular formula is C14H17I3N2O5. The summed E-state index contributed by atoms with van der Waals surface area (Å²) in [7, 11) is 1.53. The number of nitrogen functional groups attached to an aromatic ring is 1. The number of halogens is 3. The van der Waals surface area contributed by atoms with Crippen molar-refractivity contribution in [1.82, 2.24) is 4.90 Å². The number of esters is 1. The Morgan fingerprint density at radius 1 is 1.25 bits per heavy atom. The van der Waals surface area contributed by atoms with Crippen molar-refractivity contribution in [2.75, 3.05) is 25.9 Å². The summed E-state index contributed by atoms with van der Waals surface area (Å²) in [4.78, 5) is 25.2. The Bertz CT molecular complexity index is 654. The zero-order valence-corrected chi connectivity index (χ0v) is 19.4. The first-order chi connectivity index (χ1) is 11.1. The monoisotopic (exact) mass is 674 g/mol. The van der Waals surface area contributed by atoms with E-state index in [2.05, 4.69) is 22.6 Å². The number of hydrogen-bond donors (Lipinski definition) is 3. The highest BCUT2D eigenvalue weighted by atomic mass is 127. The van der Waals surface area contributed by atoms with Crippen LogP contribution < -0.4 is 5.73 Å². The van der Waals surface area contributed by atoms with Crippen LogP contribution >= 0.6 is 67.8 Å². The van der Waals surface area contributed by atoms with Crippen molar-refractivity contribution in [3.8, 4) is 0 Å². The summed E-state index contributed by atoms with van der Waals surface area (Å²) in [6.45, 7) is 0.896. The number of carbonyl (C=O) groups is 2. The van der Waals surface area contributed by atoms with E-state index in [1.165, 1.54) is 18.9 Å². The number of amides is 1. The van der Waals surface area contributed by atoms with Gasteiger partial charge in [0.1, 0.15) is 6.61 Å². The summed E-state index contributed by atoms with van der Waals surface area (Å²) >= 11 is 6.10. The lowest BCUT2D eigenvalue weighted by molar-refractivity contribution is -0.142. The van der Waals surface area contributed by atoms with E-state index in [1.807, 2.05) is 45.2 Å². The smallest absolute Gasteiger partial charge is 0.302 e. The molecule has 1 amide bonds. The van der Waals surface area contributed by atoms with E-state index >= 15 is 0 Å². The van der Waals surface area contributed by atoms with Crippen LogP contribution in [-0.2, 0) is 16.1 Å². The highest BCUT2D eigenvalue weighted by Gasteiger charge is 2.26. The zero-order valence-electron chi connectivity index (χ0n) is 13.0. The third-order valence-electron chi connectivity index (χ3n) is 3.12. The zero-order chi connectivity index (χ0) is 18.6. The summed E-state index contributed by atoms with van der Waals surface area (Å²) in [5.74, 6) is -0.752. The summed E-state index contributed by atoms with van der Waals surface area (Å²) < 4.78 is 7.04. The molecule has 4 N–H and O–H groups in total. The fourth-order valence-electron chi connectivity index (χ4n) is 1.87. The van der Waals surface area contributed by atoms with Crippen molar-refractivity contribution >= 4 is 85.3 Å². The molecule has 0 aliphatic carbocycles. The molecule has 7 nitrogen and oxygen atoms in total. The van der Waals surface area contributed by atoms with E-state index in [0.717, 1.165) is 3.57 Å². The Morgan fingerprint density at radius 3 is 2.33 bits per heavy atom. The van der Waals surface area contributed by atoms with Gasteiger partial charge in [0, 0.05) is 33.2 Å². The van der Waals surface area contributed by atoms with E-state index in [9.17, 15) is 14.7 Å². The number of hydrogen-bond acceptors (Lipinski definition) is 6. The van der Waals surface area contributed by atoms with Crippen LogP contribution in [0.25, 0.3) is 0 Å². The highest BCUT2D eigenvalue weighted by molar-refractivity contribution is 14.1. The predicted molar refractivity (Wildman–Crippen MR) is 115 cm³/mol. The second-order valence-corrected chi connectivity index (χ2v) is 8.25. The van der Waals surface area contributed by atoms with Crippen molar-refractivity contribution in [2.24, 2.45) is 0 Å². The quantitative estimate of drug-likeness (QED) is 0.240. The Morgan fingerprint density at radius 2 is 1.83 bits per heavy atom. The van der Waals surface area contributed by atoms with Crippen molar-refractivity contribution in [3.63, 3.8) is 0 Å². The number of aliphatic hydroxyl groups excluding tert-OH is 2. The first kappa shape index (κ1) is 22.1. The normalized spacial score (nSPS) is 12.0. The lowest BCUT2D eigenvalue weighted by Gasteiger charge is -2.23. The maximum Gasteiger partial charge on any atom is 0.302 e. The highest BCUT2D eigenvalue weighted by Crippen LogP contribution is 2.34. The average molecular weight is 674 g/mol. The average Bonchev–Trinajstić information content (AvgIpc) is 2.52. The molecule has 0 heterocycles. The molecule has 24 heavy (non-hydrogen) atoms. The van der Waals surface area contributed by atoms with E-state index in [4.69, 9.17) is 15.6 Å². The number of benzene rings is 1. The van der Waals surface area contributed by atoms with Crippen LogP contribution in [-0.4, -0.2) is 53.3 Å². The Hall–Kier alpha value is 0.0700. The van der Waals surface area contributed by atoms with E-state index < -0.39 is 18.7 Å². The number of aliphatic hydroxyl groups is 2. The minimum Gasteiger partial charge on any atom is -0.461 e. The van der Waals surface area contributed by atoms with Gasteiger partial charge in [-0.1, -0.05) is 0 Å².